The van der Waals surface area contributed by atoms with Gasteiger partial charge >= 0.3 is 0 Å². The minimum absolute atomic E-state index is 0.00602. The van der Waals surface area contributed by atoms with Gasteiger partial charge in [-0.15, -0.1) is 0 Å². The van der Waals surface area contributed by atoms with Gasteiger partial charge in [0.05, 0.1) is 5.56 Å². The summed E-state index contributed by atoms with van der Waals surface area (Å²) in [5.74, 6) is -2.95. The number of aromatic nitrogens is 1. The van der Waals surface area contributed by atoms with Crippen molar-refractivity contribution in [1.82, 2.24) is 10.3 Å². The van der Waals surface area contributed by atoms with E-state index in [1.54, 1.807) is 0 Å². The van der Waals surface area contributed by atoms with Crippen molar-refractivity contribution in [3.63, 3.8) is 0 Å². The molecule has 0 bridgehead atoms. The monoisotopic (exact) mass is 304 g/mol. The summed E-state index contributed by atoms with van der Waals surface area (Å²) in [5, 5.41) is 11.7. The number of hydrogen-bond acceptors (Lipinski definition) is 4. The molecule has 4 nitrogen and oxygen atoms in total. The van der Waals surface area contributed by atoms with Gasteiger partial charge in [0.1, 0.15) is 5.03 Å². The first kappa shape index (κ1) is 16.8. The third-order valence-electron chi connectivity index (χ3n) is 2.78. The second-order valence-corrected chi connectivity index (χ2v) is 5.55. The van der Waals surface area contributed by atoms with E-state index in [1.807, 2.05) is 13.8 Å². The topological polar surface area (TPSA) is 62.2 Å². The first-order chi connectivity index (χ1) is 9.45. The Bertz CT molecular complexity index is 444. The average Bonchev–Trinajstić information content (AvgIpc) is 2.37. The number of hydrogen-bond donors (Lipinski definition) is 2. The highest BCUT2D eigenvalue weighted by atomic mass is 32.2. The van der Waals surface area contributed by atoms with Crippen molar-refractivity contribution in [1.29, 1.82) is 0 Å². The van der Waals surface area contributed by atoms with E-state index in [0.717, 1.165) is 0 Å². The molecule has 0 spiro atoms. The van der Waals surface area contributed by atoms with Gasteiger partial charge in [-0.2, -0.15) is 8.78 Å². The van der Waals surface area contributed by atoms with E-state index in [4.69, 9.17) is 5.11 Å². The van der Waals surface area contributed by atoms with Gasteiger partial charge in [-0.05, 0) is 36.2 Å². The molecule has 0 fully saturated rings. The molecule has 0 aliphatic carbocycles. The number of nitrogens with zero attached hydrogens (tertiary/aromatic N) is 1. The first-order valence-electron chi connectivity index (χ1n) is 6.27. The van der Waals surface area contributed by atoms with Crippen LogP contribution in [0.1, 0.15) is 30.6 Å². The molecule has 0 saturated carbocycles. The van der Waals surface area contributed by atoms with Crippen LogP contribution < -0.4 is 5.32 Å². The summed E-state index contributed by atoms with van der Waals surface area (Å²) < 4.78 is 24.9. The molecule has 0 aliphatic heterocycles. The number of nitrogens with one attached hydrogen (secondary N) is 1. The van der Waals surface area contributed by atoms with Gasteiger partial charge in [0.25, 0.3) is 11.7 Å². The fourth-order valence-electron chi connectivity index (χ4n) is 1.70. The van der Waals surface area contributed by atoms with Crippen LogP contribution in [0.3, 0.4) is 0 Å². The predicted octanol–water partition coefficient (Wildman–Crippen LogP) is 2.53. The van der Waals surface area contributed by atoms with Crippen LogP contribution in [-0.2, 0) is 0 Å². The molecule has 7 heteroatoms. The zero-order valence-corrected chi connectivity index (χ0v) is 12.2. The summed E-state index contributed by atoms with van der Waals surface area (Å²) in [6.45, 7) is 3.78. The van der Waals surface area contributed by atoms with Gasteiger partial charge in [0, 0.05) is 18.8 Å². The zero-order valence-electron chi connectivity index (χ0n) is 11.3. The lowest BCUT2D eigenvalue weighted by atomic mass is 10.0. The molecule has 1 aromatic heterocycles. The Balaban J connectivity index is 2.85. The number of aliphatic hydroxyl groups excluding tert-OH is 1. The lowest BCUT2D eigenvalue weighted by Crippen LogP contribution is -2.39. The number of carbonyl (C=O) groups excluding carboxylic acids is 1. The predicted molar refractivity (Wildman–Crippen MR) is 73.9 cm³/mol. The van der Waals surface area contributed by atoms with Crippen LogP contribution in [0.2, 0.25) is 0 Å². The Kier molecular flexibility index (Phi) is 6.87. The summed E-state index contributed by atoms with van der Waals surface area (Å²) in [5.41, 5.74) is 0.126. The number of alkyl halides is 2. The lowest BCUT2D eigenvalue weighted by Gasteiger charge is -2.22. The number of carbonyl (C=O) groups is 1. The molecule has 1 unspecified atom stereocenters. The normalized spacial score (nSPS) is 12.8. The Labute approximate surface area is 121 Å². The molecular weight excluding hydrogens is 286 g/mol. The van der Waals surface area contributed by atoms with Crippen LogP contribution in [0.25, 0.3) is 0 Å². The maximum Gasteiger partial charge on any atom is 0.290 e. The Morgan fingerprint density at radius 1 is 1.50 bits per heavy atom. The van der Waals surface area contributed by atoms with E-state index >= 15 is 0 Å². The minimum atomic E-state index is -2.63. The van der Waals surface area contributed by atoms with Crippen molar-refractivity contribution in [3.05, 3.63) is 23.9 Å². The summed E-state index contributed by atoms with van der Waals surface area (Å²) in [6, 6.07) is 2.78. The molecule has 112 valence electrons. The summed E-state index contributed by atoms with van der Waals surface area (Å²) in [7, 11) is 0. The quantitative estimate of drug-likeness (QED) is 0.760. The van der Waals surface area contributed by atoms with Gasteiger partial charge in [0.15, 0.2) is 0 Å². The standard InChI is InChI=1S/C13H18F2N2O2S/c1-8(2)10(5-7-18)17-11(19)9-4-3-6-16-12(9)20-13(14)15/h3-4,6,8,10,13,18H,5,7H2,1-2H3,(H,17,19). The molecule has 1 amide bonds. The molecule has 1 heterocycles. The highest BCUT2D eigenvalue weighted by molar-refractivity contribution is 7.99. The molecule has 0 aliphatic rings. The number of halogens is 2. The maximum absolute atomic E-state index is 12.4. The lowest BCUT2D eigenvalue weighted by molar-refractivity contribution is 0.0913. The molecule has 2 N–H and O–H groups in total. The molecule has 1 aromatic rings. The fraction of sp³-hybridized carbons (Fsp3) is 0.538. The van der Waals surface area contributed by atoms with Gasteiger partial charge in [-0.3, -0.25) is 4.79 Å². The van der Waals surface area contributed by atoms with Crippen molar-refractivity contribution >= 4 is 17.7 Å². The Morgan fingerprint density at radius 3 is 2.75 bits per heavy atom. The number of thioether (sulfide) groups is 1. The van der Waals surface area contributed by atoms with Gasteiger partial charge in [0.2, 0.25) is 0 Å². The van der Waals surface area contributed by atoms with Crippen molar-refractivity contribution < 1.29 is 18.7 Å². The highest BCUT2D eigenvalue weighted by Crippen LogP contribution is 2.26. The number of rotatable bonds is 7. The molecule has 1 atom stereocenters. The van der Waals surface area contributed by atoms with Crippen molar-refractivity contribution in [2.24, 2.45) is 5.92 Å². The molecule has 20 heavy (non-hydrogen) atoms. The maximum atomic E-state index is 12.4. The smallest absolute Gasteiger partial charge is 0.290 e. The average molecular weight is 304 g/mol. The van der Waals surface area contributed by atoms with Crippen LogP contribution in [0.4, 0.5) is 8.78 Å². The number of amides is 1. The van der Waals surface area contributed by atoms with Gasteiger partial charge in [-0.25, -0.2) is 4.98 Å². The van der Waals surface area contributed by atoms with Crippen LogP contribution in [-0.4, -0.2) is 34.4 Å². The highest BCUT2D eigenvalue weighted by Gasteiger charge is 2.20. The molecule has 0 aromatic carbocycles. The van der Waals surface area contributed by atoms with E-state index < -0.39 is 11.7 Å². The Morgan fingerprint density at radius 2 is 2.20 bits per heavy atom. The second kappa shape index (κ2) is 8.16. The molecule has 0 saturated heterocycles. The zero-order chi connectivity index (χ0) is 15.1. The molecule has 0 radical (unpaired) electrons. The first-order valence-corrected chi connectivity index (χ1v) is 7.15. The fourth-order valence-corrected chi connectivity index (χ4v) is 2.28. The third-order valence-corrected chi connectivity index (χ3v) is 3.50. The van der Waals surface area contributed by atoms with Crippen molar-refractivity contribution in [2.75, 3.05) is 6.61 Å². The van der Waals surface area contributed by atoms with E-state index in [1.165, 1.54) is 18.3 Å². The Hall–Kier alpha value is -1.21. The van der Waals surface area contributed by atoms with E-state index in [9.17, 15) is 13.6 Å². The summed E-state index contributed by atoms with van der Waals surface area (Å²) in [6.07, 6.45) is 1.79. The number of pyridine rings is 1. The summed E-state index contributed by atoms with van der Waals surface area (Å²) >= 11 is 0.248. The number of aliphatic hydroxyl groups is 1. The van der Waals surface area contributed by atoms with Crippen LogP contribution in [0, 0.1) is 5.92 Å². The van der Waals surface area contributed by atoms with Gasteiger partial charge < -0.3 is 10.4 Å². The van der Waals surface area contributed by atoms with E-state index in [2.05, 4.69) is 10.3 Å². The van der Waals surface area contributed by atoms with Gasteiger partial charge in [-0.1, -0.05) is 13.8 Å². The van der Waals surface area contributed by atoms with Crippen LogP contribution in [0.15, 0.2) is 23.4 Å². The minimum Gasteiger partial charge on any atom is -0.396 e. The van der Waals surface area contributed by atoms with Crippen molar-refractivity contribution in [3.8, 4) is 0 Å². The van der Waals surface area contributed by atoms with Crippen LogP contribution in [0.5, 0.6) is 0 Å². The summed E-state index contributed by atoms with van der Waals surface area (Å²) in [4.78, 5) is 16.0. The molecular formula is C13H18F2N2O2S. The van der Waals surface area contributed by atoms with Crippen LogP contribution >= 0.6 is 11.8 Å². The third kappa shape index (κ3) is 5.05. The largest absolute Gasteiger partial charge is 0.396 e. The SMILES string of the molecule is CC(C)C(CCO)NC(=O)c1cccnc1SC(F)F. The van der Waals surface area contributed by atoms with Crippen molar-refractivity contribution in [2.45, 2.75) is 37.1 Å². The van der Waals surface area contributed by atoms with E-state index in [-0.39, 0.29) is 40.9 Å². The van der Waals surface area contributed by atoms with E-state index in [0.29, 0.717) is 6.42 Å². The molecule has 1 rings (SSSR count). The second-order valence-electron chi connectivity index (χ2n) is 4.57.